The Morgan fingerprint density at radius 1 is 1.22 bits per heavy atom. The second kappa shape index (κ2) is 9.57. The summed E-state index contributed by atoms with van der Waals surface area (Å²) in [5, 5.41) is 15.7. The van der Waals surface area contributed by atoms with Gasteiger partial charge in [-0.1, -0.05) is 18.7 Å². The van der Waals surface area contributed by atoms with Crippen molar-refractivity contribution in [3.63, 3.8) is 0 Å². The number of fused-ring (bicyclic) bond motifs is 1. The number of hydrogen-bond acceptors (Lipinski definition) is 7. The lowest BCUT2D eigenvalue weighted by Crippen LogP contribution is -2.25. The van der Waals surface area contributed by atoms with E-state index < -0.39 is 0 Å². The molecule has 0 fully saturated rings. The van der Waals surface area contributed by atoms with Gasteiger partial charge in [-0.3, -0.25) is 4.79 Å². The van der Waals surface area contributed by atoms with Crippen LogP contribution in [0.25, 0.3) is 17.2 Å². The molecule has 0 bridgehead atoms. The number of hydrogen-bond donors (Lipinski definition) is 1. The van der Waals surface area contributed by atoms with Crippen LogP contribution in [0.5, 0.6) is 11.5 Å². The van der Waals surface area contributed by atoms with Crippen molar-refractivity contribution in [1.82, 2.24) is 25.0 Å². The van der Waals surface area contributed by atoms with Gasteiger partial charge in [0.1, 0.15) is 18.2 Å². The average molecular weight is 487 g/mol. The lowest BCUT2D eigenvalue weighted by Gasteiger charge is -2.25. The monoisotopic (exact) mass is 486 g/mol. The number of carbonyl (C=O) groups is 1. The summed E-state index contributed by atoms with van der Waals surface area (Å²) in [6.07, 6.45) is 3.38. The van der Waals surface area contributed by atoms with Crippen LogP contribution in [0.2, 0.25) is 0 Å². The van der Waals surface area contributed by atoms with Gasteiger partial charge in [-0.25, -0.2) is 9.37 Å². The van der Waals surface area contributed by atoms with Crippen LogP contribution in [-0.2, 0) is 4.79 Å². The van der Waals surface area contributed by atoms with E-state index in [2.05, 4.69) is 32.2 Å². The fourth-order valence-corrected chi connectivity index (χ4v) is 4.29. The third kappa shape index (κ3) is 4.28. The van der Waals surface area contributed by atoms with Gasteiger partial charge < -0.3 is 14.8 Å². The molecule has 0 radical (unpaired) electrons. The van der Waals surface area contributed by atoms with Crippen LogP contribution in [0.1, 0.15) is 29.2 Å². The first kappa shape index (κ1) is 23.2. The molecule has 4 aromatic rings. The molecule has 0 saturated heterocycles. The quantitative estimate of drug-likeness (QED) is 0.390. The van der Waals surface area contributed by atoms with Gasteiger partial charge in [0, 0.05) is 23.5 Å². The van der Waals surface area contributed by atoms with E-state index in [0.29, 0.717) is 35.2 Å². The molecule has 1 aliphatic rings. The highest BCUT2D eigenvalue weighted by atomic mass is 19.1. The number of anilines is 1. The molecule has 0 unspecified atom stereocenters. The second-order valence-corrected chi connectivity index (χ2v) is 8.22. The van der Waals surface area contributed by atoms with E-state index in [1.165, 1.54) is 23.0 Å². The van der Waals surface area contributed by atoms with E-state index in [1.807, 2.05) is 25.1 Å². The Morgan fingerprint density at radius 2 is 2.03 bits per heavy atom. The van der Waals surface area contributed by atoms with Crippen molar-refractivity contribution in [2.75, 3.05) is 19.0 Å². The van der Waals surface area contributed by atoms with Crippen molar-refractivity contribution in [2.24, 2.45) is 0 Å². The Morgan fingerprint density at radius 3 is 2.78 bits per heavy atom. The zero-order chi connectivity index (χ0) is 25.2. The van der Waals surface area contributed by atoms with Gasteiger partial charge in [0.25, 0.3) is 5.95 Å². The van der Waals surface area contributed by atoms with Crippen molar-refractivity contribution in [2.45, 2.75) is 19.3 Å². The summed E-state index contributed by atoms with van der Waals surface area (Å²) in [7, 11) is 1.57. The summed E-state index contributed by atoms with van der Waals surface area (Å²) in [6.45, 7) is 5.88. The van der Waals surface area contributed by atoms with Gasteiger partial charge >= 0.3 is 0 Å². The number of ether oxygens (including phenoxy) is 2. The number of methoxy groups -OCH3 is 1. The van der Waals surface area contributed by atoms with Crippen LogP contribution in [-0.4, -0.2) is 44.6 Å². The maximum atomic E-state index is 13.4. The standard InChI is InChI=1S/C26H23FN6O3/c1-4-11-36-22-12-17(7-10-21(22)35-3)19-13-23(34)30-25-24(19)15(2)32-33(25)26-29-20(14-28-31-26)16-5-8-18(27)9-6-16/h4-10,12,14,19H,1,11,13H2,2-3H3,(H,30,34)/t19-/m1/s1. The highest BCUT2D eigenvalue weighted by Gasteiger charge is 2.34. The Hall–Kier alpha value is -4.60. The summed E-state index contributed by atoms with van der Waals surface area (Å²) in [6, 6.07) is 11.5. The summed E-state index contributed by atoms with van der Waals surface area (Å²) < 4.78 is 26.0. The van der Waals surface area contributed by atoms with E-state index in [9.17, 15) is 9.18 Å². The van der Waals surface area contributed by atoms with Crippen LogP contribution in [0, 0.1) is 12.7 Å². The fraction of sp³-hybridized carbons (Fsp3) is 0.192. The molecule has 1 atom stereocenters. The zero-order valence-electron chi connectivity index (χ0n) is 19.7. The minimum Gasteiger partial charge on any atom is -0.493 e. The highest BCUT2D eigenvalue weighted by molar-refractivity contribution is 5.95. The zero-order valence-corrected chi connectivity index (χ0v) is 19.7. The van der Waals surface area contributed by atoms with E-state index in [1.54, 1.807) is 25.3 Å². The Balaban J connectivity index is 1.57. The smallest absolute Gasteiger partial charge is 0.272 e. The maximum absolute atomic E-state index is 13.4. The minimum absolute atomic E-state index is 0.166. The first-order valence-corrected chi connectivity index (χ1v) is 11.3. The number of amides is 1. The largest absolute Gasteiger partial charge is 0.493 e. The predicted molar refractivity (Wildman–Crippen MR) is 131 cm³/mol. The van der Waals surface area contributed by atoms with Crippen LogP contribution < -0.4 is 14.8 Å². The first-order chi connectivity index (χ1) is 17.5. The van der Waals surface area contributed by atoms with Gasteiger partial charge in [0.05, 0.1) is 24.7 Å². The van der Waals surface area contributed by atoms with Crippen molar-refractivity contribution >= 4 is 11.7 Å². The van der Waals surface area contributed by atoms with E-state index in [4.69, 9.17) is 9.47 Å². The molecule has 1 N–H and O–H groups in total. The number of rotatable bonds is 7. The number of nitrogens with one attached hydrogen (secondary N) is 1. The molecular weight excluding hydrogens is 463 g/mol. The molecule has 3 heterocycles. The molecule has 0 spiro atoms. The molecule has 9 nitrogen and oxygen atoms in total. The normalized spacial score (nSPS) is 14.6. The van der Waals surface area contributed by atoms with Gasteiger partial charge in [-0.05, 0) is 48.9 Å². The van der Waals surface area contributed by atoms with Gasteiger partial charge in [0.2, 0.25) is 5.91 Å². The number of nitrogens with zero attached hydrogens (tertiary/aromatic N) is 5. The lowest BCUT2D eigenvalue weighted by molar-refractivity contribution is -0.116. The summed E-state index contributed by atoms with van der Waals surface area (Å²) in [5.74, 6) is 1.04. The van der Waals surface area contributed by atoms with Crippen LogP contribution >= 0.6 is 0 Å². The molecule has 1 amide bonds. The highest BCUT2D eigenvalue weighted by Crippen LogP contribution is 2.42. The topological polar surface area (TPSA) is 104 Å². The Kier molecular flexibility index (Phi) is 6.16. The molecule has 2 aromatic carbocycles. The number of halogens is 1. The second-order valence-electron chi connectivity index (χ2n) is 8.22. The Bertz CT molecular complexity index is 1450. The summed E-state index contributed by atoms with van der Waals surface area (Å²) in [4.78, 5) is 17.4. The van der Waals surface area contributed by atoms with Crippen molar-refractivity contribution in [3.05, 3.63) is 84.0 Å². The Labute approximate surface area is 206 Å². The molecule has 182 valence electrons. The van der Waals surface area contributed by atoms with Gasteiger partial charge in [-0.15, -0.1) is 5.10 Å². The lowest BCUT2D eigenvalue weighted by atomic mass is 9.85. The first-order valence-electron chi connectivity index (χ1n) is 11.3. The molecular formula is C26H23FN6O3. The van der Waals surface area contributed by atoms with E-state index in [-0.39, 0.29) is 30.0 Å². The number of aromatic nitrogens is 5. The number of carbonyl (C=O) groups excluding carboxylic acids is 1. The third-order valence-electron chi connectivity index (χ3n) is 5.93. The molecule has 1 aliphatic heterocycles. The van der Waals surface area contributed by atoms with Crippen molar-refractivity contribution in [1.29, 1.82) is 0 Å². The van der Waals surface area contributed by atoms with Crippen LogP contribution in [0.3, 0.4) is 0 Å². The number of benzene rings is 2. The van der Waals surface area contributed by atoms with Crippen LogP contribution in [0.15, 0.2) is 61.3 Å². The molecule has 36 heavy (non-hydrogen) atoms. The van der Waals surface area contributed by atoms with Crippen LogP contribution in [0.4, 0.5) is 10.2 Å². The molecule has 0 saturated carbocycles. The SMILES string of the molecule is C=CCOc1cc([C@H]2CC(=O)Nc3c2c(C)nn3-c2nncc(-c3ccc(F)cc3)n2)ccc1OC. The van der Waals surface area contributed by atoms with E-state index in [0.717, 1.165) is 16.8 Å². The van der Waals surface area contributed by atoms with E-state index >= 15 is 0 Å². The van der Waals surface area contributed by atoms with Crippen molar-refractivity contribution in [3.8, 4) is 28.7 Å². The average Bonchev–Trinajstić information content (AvgIpc) is 3.23. The fourth-order valence-electron chi connectivity index (χ4n) is 4.29. The predicted octanol–water partition coefficient (Wildman–Crippen LogP) is 4.22. The summed E-state index contributed by atoms with van der Waals surface area (Å²) in [5.41, 5.74) is 3.63. The third-order valence-corrected chi connectivity index (χ3v) is 5.93. The van der Waals surface area contributed by atoms with Gasteiger partial charge in [0.15, 0.2) is 11.5 Å². The maximum Gasteiger partial charge on any atom is 0.272 e. The molecule has 5 rings (SSSR count). The van der Waals surface area contributed by atoms with Gasteiger partial charge in [-0.2, -0.15) is 14.9 Å². The molecule has 0 aliphatic carbocycles. The minimum atomic E-state index is -0.344. The molecule has 2 aromatic heterocycles. The van der Waals surface area contributed by atoms with Crippen molar-refractivity contribution < 1.29 is 18.7 Å². The number of aryl methyl sites for hydroxylation is 1. The molecule has 10 heteroatoms. The summed E-state index contributed by atoms with van der Waals surface area (Å²) >= 11 is 0.